The van der Waals surface area contributed by atoms with E-state index < -0.39 is 111 Å². The molecule has 2 aliphatic heterocycles. The first-order valence-corrected chi connectivity index (χ1v) is 12.5. The highest BCUT2D eigenvalue weighted by atomic mass is 19.3. The van der Waals surface area contributed by atoms with E-state index in [1.54, 1.807) is 0 Å². The van der Waals surface area contributed by atoms with Crippen LogP contribution in [0.2, 0.25) is 0 Å². The molecule has 2 heterocycles. The van der Waals surface area contributed by atoms with E-state index in [4.69, 9.17) is 41.9 Å². The van der Waals surface area contributed by atoms with Crippen LogP contribution in [-0.2, 0) is 23.7 Å². The number of aliphatic hydroxyl groups is 6. The van der Waals surface area contributed by atoms with Crippen LogP contribution in [0, 0.1) is 0 Å². The van der Waals surface area contributed by atoms with E-state index in [1.165, 1.54) is 0 Å². The number of halogens is 2. The molecule has 3 rings (SSSR count). The topological polar surface area (TPSA) is 291 Å². The van der Waals surface area contributed by atoms with Gasteiger partial charge in [0.1, 0.15) is 42.7 Å². The molecule has 18 heteroatoms. The Labute approximate surface area is 222 Å². The summed E-state index contributed by atoms with van der Waals surface area (Å²) in [6.07, 6.45) is -16.3. The summed E-state index contributed by atoms with van der Waals surface area (Å²) in [5, 5.41) is 63.4. The van der Waals surface area contributed by atoms with Crippen molar-refractivity contribution in [3.05, 3.63) is 0 Å². The van der Waals surface area contributed by atoms with Crippen LogP contribution in [0.3, 0.4) is 0 Å². The Hall–Kier alpha value is -1.23. The first kappa shape index (κ1) is 32.3. The molecule has 228 valence electrons. The normalized spacial score (nSPS) is 44.3. The molecule has 0 spiro atoms. The van der Waals surface area contributed by atoms with Crippen molar-refractivity contribution in [1.29, 1.82) is 0 Å². The lowest BCUT2D eigenvalue weighted by Gasteiger charge is -2.42. The van der Waals surface area contributed by atoms with E-state index in [2.05, 4.69) is 5.32 Å². The lowest BCUT2D eigenvalue weighted by molar-refractivity contribution is -0.280. The molecule has 0 aromatic rings. The second kappa shape index (κ2) is 13.2. The van der Waals surface area contributed by atoms with Crippen molar-refractivity contribution in [3.63, 3.8) is 0 Å². The minimum Gasteiger partial charge on any atom is -0.394 e. The smallest absolute Gasteiger partial charge is 0.294 e. The molecule has 39 heavy (non-hydrogen) atoms. The number of hydrogen-bond acceptors (Lipinski definition) is 15. The van der Waals surface area contributed by atoms with Gasteiger partial charge < -0.3 is 77.8 Å². The fraction of sp³-hybridized carbons (Fsp3) is 0.952. The van der Waals surface area contributed by atoms with Gasteiger partial charge in [0.2, 0.25) is 0 Å². The Morgan fingerprint density at radius 2 is 1.62 bits per heavy atom. The Balaban J connectivity index is 1.66. The monoisotopic (exact) mass is 575 g/mol. The van der Waals surface area contributed by atoms with Crippen LogP contribution in [0.5, 0.6) is 0 Å². The van der Waals surface area contributed by atoms with Gasteiger partial charge in [-0.3, -0.25) is 4.79 Å². The number of nitrogens with two attached hydrogens (primary N) is 4. The second-order valence-electron chi connectivity index (χ2n) is 10.0. The van der Waals surface area contributed by atoms with Crippen LogP contribution < -0.4 is 28.3 Å². The number of rotatable bonds is 10. The molecule has 0 aromatic carbocycles. The lowest BCUT2D eigenvalue weighted by atomic mass is 9.86. The number of nitrogens with one attached hydrogen (secondary N) is 1. The summed E-state index contributed by atoms with van der Waals surface area (Å²) in [4.78, 5) is 12.1. The third-order valence-corrected chi connectivity index (χ3v) is 7.18. The van der Waals surface area contributed by atoms with Gasteiger partial charge in [0.25, 0.3) is 11.8 Å². The predicted molar refractivity (Wildman–Crippen MR) is 124 cm³/mol. The Bertz CT molecular complexity index is 820. The first-order chi connectivity index (χ1) is 18.2. The third-order valence-electron chi connectivity index (χ3n) is 7.18. The van der Waals surface area contributed by atoms with Gasteiger partial charge in [-0.25, -0.2) is 8.78 Å². The Kier molecular flexibility index (Phi) is 10.9. The van der Waals surface area contributed by atoms with Gasteiger partial charge >= 0.3 is 0 Å². The number of aliphatic hydroxyl groups excluding tert-OH is 6. The van der Waals surface area contributed by atoms with Crippen molar-refractivity contribution in [2.45, 2.75) is 104 Å². The summed E-state index contributed by atoms with van der Waals surface area (Å²) < 4.78 is 49.7. The Morgan fingerprint density at radius 3 is 2.21 bits per heavy atom. The Morgan fingerprint density at radius 1 is 0.974 bits per heavy atom. The van der Waals surface area contributed by atoms with Gasteiger partial charge in [-0.15, -0.1) is 0 Å². The van der Waals surface area contributed by atoms with Gasteiger partial charge in [0.05, 0.1) is 31.3 Å². The molecule has 3 fully saturated rings. The number of carbonyl (C=O) groups is 1. The number of hydrogen-bond donors (Lipinski definition) is 11. The largest absolute Gasteiger partial charge is 0.394 e. The predicted octanol–water partition coefficient (Wildman–Crippen LogP) is -6.51. The quantitative estimate of drug-likeness (QED) is 0.115. The van der Waals surface area contributed by atoms with Crippen molar-refractivity contribution in [1.82, 2.24) is 5.32 Å². The van der Waals surface area contributed by atoms with E-state index >= 15 is 0 Å². The molecule has 1 aliphatic carbocycles. The maximum atomic E-state index is 13.6. The molecular formula is C21H39F2N5O11. The molecule has 2 saturated heterocycles. The highest BCUT2D eigenvalue weighted by molar-refractivity contribution is 5.82. The molecule has 0 bridgehead atoms. The fourth-order valence-electron chi connectivity index (χ4n) is 4.83. The summed E-state index contributed by atoms with van der Waals surface area (Å²) >= 11 is 0. The van der Waals surface area contributed by atoms with Crippen molar-refractivity contribution in [2.24, 2.45) is 22.9 Å². The number of carbonyl (C=O) groups excluding carboxylic acids is 1. The van der Waals surface area contributed by atoms with Crippen molar-refractivity contribution < 1.29 is 63.2 Å². The van der Waals surface area contributed by atoms with E-state index in [9.17, 15) is 44.2 Å². The molecule has 0 aromatic heterocycles. The fourth-order valence-corrected chi connectivity index (χ4v) is 4.83. The van der Waals surface area contributed by atoms with E-state index in [-0.39, 0.29) is 19.4 Å². The number of alkyl halides is 2. The summed E-state index contributed by atoms with van der Waals surface area (Å²) in [5.41, 5.74) is 22.3. The molecular weight excluding hydrogens is 536 g/mol. The van der Waals surface area contributed by atoms with Gasteiger partial charge in [-0.2, -0.15) is 0 Å². The number of ether oxygens (including phenoxy) is 4. The first-order valence-electron chi connectivity index (χ1n) is 12.5. The molecule has 3 aliphatic rings. The van der Waals surface area contributed by atoms with E-state index in [0.29, 0.717) is 0 Å². The minimum atomic E-state index is -3.90. The zero-order chi connectivity index (χ0) is 29.2. The third kappa shape index (κ3) is 6.99. The maximum absolute atomic E-state index is 13.6. The highest BCUT2D eigenvalue weighted by Crippen LogP contribution is 2.32. The number of amides is 1. The standard InChI is InChI=1S/C21H39F2N5O11/c22-21(23,5-25)17(34)18(35)28-7-1-6(26)2-8(12(7)30)36-20-15(33)16(10(4-29)38-20)39-19-11(27)14(32)13(31)9(3-24)37-19/h6-17,19-20,29-34H,1-5,24-27H2,(H,28,35). The van der Waals surface area contributed by atoms with Crippen LogP contribution in [-0.4, -0.2) is 148 Å². The zero-order valence-electron chi connectivity index (χ0n) is 20.9. The average Bonchev–Trinajstić information content (AvgIpc) is 3.20. The summed E-state index contributed by atoms with van der Waals surface area (Å²) in [6.45, 7) is -2.12. The minimum absolute atomic E-state index is 0.00974. The van der Waals surface area contributed by atoms with E-state index in [0.717, 1.165) is 0 Å². The maximum Gasteiger partial charge on any atom is 0.294 e. The lowest BCUT2D eigenvalue weighted by Crippen LogP contribution is -2.64. The van der Waals surface area contributed by atoms with Crippen LogP contribution in [0.25, 0.3) is 0 Å². The summed E-state index contributed by atoms with van der Waals surface area (Å²) in [5.74, 6) is -5.37. The molecule has 14 unspecified atom stereocenters. The molecule has 14 atom stereocenters. The van der Waals surface area contributed by atoms with E-state index in [1.807, 2.05) is 0 Å². The van der Waals surface area contributed by atoms with Gasteiger partial charge in [-0.1, -0.05) is 0 Å². The van der Waals surface area contributed by atoms with Gasteiger partial charge in [0, 0.05) is 12.6 Å². The van der Waals surface area contributed by atoms with Crippen LogP contribution >= 0.6 is 0 Å². The molecule has 16 nitrogen and oxygen atoms in total. The van der Waals surface area contributed by atoms with Crippen molar-refractivity contribution in [3.8, 4) is 0 Å². The van der Waals surface area contributed by atoms with Crippen molar-refractivity contribution >= 4 is 5.91 Å². The van der Waals surface area contributed by atoms with Crippen molar-refractivity contribution in [2.75, 3.05) is 19.7 Å². The van der Waals surface area contributed by atoms with Crippen LogP contribution in [0.1, 0.15) is 12.8 Å². The summed E-state index contributed by atoms with van der Waals surface area (Å²) in [6, 6.07) is -3.15. The molecule has 1 amide bonds. The van der Waals surface area contributed by atoms with Gasteiger partial charge in [-0.05, 0) is 12.8 Å². The second-order valence-corrected chi connectivity index (χ2v) is 10.0. The summed E-state index contributed by atoms with van der Waals surface area (Å²) in [7, 11) is 0. The SMILES string of the molecule is NCC1OC(OC2C(CO)OC(OC3CC(N)CC(NC(=O)C(O)C(F)(F)CN)C3O)C2O)C(N)C(O)C1O. The van der Waals surface area contributed by atoms with Crippen LogP contribution in [0.4, 0.5) is 8.78 Å². The average molecular weight is 576 g/mol. The zero-order valence-corrected chi connectivity index (χ0v) is 20.9. The van der Waals surface area contributed by atoms with Gasteiger partial charge in [0.15, 0.2) is 18.7 Å². The van der Waals surface area contributed by atoms with Crippen LogP contribution in [0.15, 0.2) is 0 Å². The highest BCUT2D eigenvalue weighted by Gasteiger charge is 2.52. The molecule has 0 radical (unpaired) electrons. The molecule has 15 N–H and O–H groups in total. The molecule has 1 saturated carbocycles.